The molecular formula is C12H9ClO3. The Labute approximate surface area is 97.6 Å². The molecule has 0 unspecified atom stereocenters. The minimum atomic E-state index is -0.165. The number of methoxy groups -OCH3 is 1. The molecule has 0 radical (unpaired) electrons. The van der Waals surface area contributed by atoms with E-state index in [9.17, 15) is 4.79 Å². The number of benzene rings is 1. The molecule has 0 amide bonds. The third-order valence-corrected chi connectivity index (χ3v) is 2.51. The van der Waals surface area contributed by atoms with Crippen molar-refractivity contribution < 1.29 is 13.9 Å². The summed E-state index contributed by atoms with van der Waals surface area (Å²) in [6.45, 7) is 0. The van der Waals surface area contributed by atoms with Crippen LogP contribution in [0.3, 0.4) is 0 Å². The van der Waals surface area contributed by atoms with Gasteiger partial charge in [0.25, 0.3) is 0 Å². The van der Waals surface area contributed by atoms with Gasteiger partial charge in [-0.3, -0.25) is 4.79 Å². The predicted molar refractivity (Wildman–Crippen MR) is 60.1 cm³/mol. The molecule has 0 spiro atoms. The minimum absolute atomic E-state index is 0.112. The van der Waals surface area contributed by atoms with Gasteiger partial charge in [0.2, 0.25) is 5.22 Å². The Bertz CT molecular complexity index is 499. The Balaban J connectivity index is 2.31. The van der Waals surface area contributed by atoms with Crippen LogP contribution in [0.25, 0.3) is 0 Å². The number of ether oxygens (including phenoxy) is 1. The summed E-state index contributed by atoms with van der Waals surface area (Å²) in [6.07, 6.45) is 1.39. The molecular weight excluding hydrogens is 228 g/mol. The van der Waals surface area contributed by atoms with E-state index in [2.05, 4.69) is 0 Å². The highest BCUT2D eigenvalue weighted by molar-refractivity contribution is 6.33. The van der Waals surface area contributed by atoms with Crippen molar-refractivity contribution in [2.24, 2.45) is 0 Å². The predicted octanol–water partition coefficient (Wildman–Crippen LogP) is 3.17. The summed E-state index contributed by atoms with van der Waals surface area (Å²) < 4.78 is 9.88. The summed E-state index contributed by atoms with van der Waals surface area (Å²) >= 11 is 5.73. The lowest BCUT2D eigenvalue weighted by Gasteiger charge is -2.01. The lowest BCUT2D eigenvalue weighted by molar-refractivity contribution is 0.103. The van der Waals surface area contributed by atoms with Crippen LogP contribution in [0.1, 0.15) is 15.9 Å². The zero-order valence-electron chi connectivity index (χ0n) is 8.57. The van der Waals surface area contributed by atoms with Gasteiger partial charge in [0.05, 0.1) is 18.9 Å². The molecule has 0 atom stereocenters. The highest BCUT2D eigenvalue weighted by Gasteiger charge is 2.14. The van der Waals surface area contributed by atoms with E-state index in [1.54, 1.807) is 37.4 Å². The standard InChI is InChI=1S/C12H9ClO3/c1-15-9-4-2-8(3-5-9)11(14)10-6-7-16-12(10)13/h2-7H,1H3. The fourth-order valence-electron chi connectivity index (χ4n) is 1.35. The first-order valence-corrected chi connectivity index (χ1v) is 5.02. The van der Waals surface area contributed by atoms with Gasteiger partial charge in [0, 0.05) is 5.56 Å². The Kier molecular flexibility index (Phi) is 2.97. The molecule has 0 saturated carbocycles. The topological polar surface area (TPSA) is 39.4 Å². The Morgan fingerprint density at radius 3 is 2.44 bits per heavy atom. The van der Waals surface area contributed by atoms with Crippen LogP contribution < -0.4 is 4.74 Å². The highest BCUT2D eigenvalue weighted by Crippen LogP contribution is 2.21. The van der Waals surface area contributed by atoms with Gasteiger partial charge in [-0.25, -0.2) is 0 Å². The first-order chi connectivity index (χ1) is 7.72. The van der Waals surface area contributed by atoms with E-state index in [-0.39, 0.29) is 11.0 Å². The smallest absolute Gasteiger partial charge is 0.204 e. The lowest BCUT2D eigenvalue weighted by atomic mass is 10.1. The van der Waals surface area contributed by atoms with Gasteiger partial charge in [-0.15, -0.1) is 0 Å². The Hall–Kier alpha value is -1.74. The van der Waals surface area contributed by atoms with Crippen LogP contribution in [-0.2, 0) is 0 Å². The summed E-state index contributed by atoms with van der Waals surface area (Å²) in [5.74, 6) is 0.538. The number of rotatable bonds is 3. The number of hydrogen-bond acceptors (Lipinski definition) is 3. The lowest BCUT2D eigenvalue weighted by Crippen LogP contribution is -2.00. The average Bonchev–Trinajstić information content (AvgIpc) is 2.75. The first kappa shape index (κ1) is 10.8. The maximum atomic E-state index is 11.9. The highest BCUT2D eigenvalue weighted by atomic mass is 35.5. The van der Waals surface area contributed by atoms with Gasteiger partial charge in [0.1, 0.15) is 5.75 Å². The minimum Gasteiger partial charge on any atom is -0.497 e. The van der Waals surface area contributed by atoms with Crippen molar-refractivity contribution in [2.75, 3.05) is 7.11 Å². The van der Waals surface area contributed by atoms with Crippen molar-refractivity contribution >= 4 is 17.4 Å². The van der Waals surface area contributed by atoms with Crippen LogP contribution in [0.2, 0.25) is 5.22 Å². The molecule has 4 heteroatoms. The first-order valence-electron chi connectivity index (χ1n) is 4.64. The van der Waals surface area contributed by atoms with Crippen LogP contribution in [-0.4, -0.2) is 12.9 Å². The molecule has 0 aliphatic heterocycles. The second-order valence-electron chi connectivity index (χ2n) is 3.17. The molecule has 1 aromatic heterocycles. The summed E-state index contributed by atoms with van der Waals surface area (Å²) in [5.41, 5.74) is 0.913. The van der Waals surface area contributed by atoms with E-state index in [1.807, 2.05) is 0 Å². The van der Waals surface area contributed by atoms with Crippen LogP contribution in [0, 0.1) is 0 Å². The molecule has 2 rings (SSSR count). The number of hydrogen-bond donors (Lipinski definition) is 0. The summed E-state index contributed by atoms with van der Waals surface area (Å²) in [4.78, 5) is 11.9. The van der Waals surface area contributed by atoms with Crippen LogP contribution in [0.15, 0.2) is 41.0 Å². The largest absolute Gasteiger partial charge is 0.497 e. The second kappa shape index (κ2) is 4.41. The third-order valence-electron chi connectivity index (χ3n) is 2.21. The molecule has 1 aromatic carbocycles. The molecule has 0 aliphatic rings. The molecule has 82 valence electrons. The molecule has 0 aliphatic carbocycles. The van der Waals surface area contributed by atoms with Crippen molar-refractivity contribution in [1.82, 2.24) is 0 Å². The number of ketones is 1. The molecule has 0 saturated heterocycles. The van der Waals surface area contributed by atoms with Crippen LogP contribution in [0.4, 0.5) is 0 Å². The van der Waals surface area contributed by atoms with Gasteiger partial charge in [-0.05, 0) is 41.9 Å². The number of halogens is 1. The van der Waals surface area contributed by atoms with E-state index < -0.39 is 0 Å². The molecule has 2 aromatic rings. The third kappa shape index (κ3) is 1.95. The number of carbonyl (C=O) groups is 1. The number of furan rings is 1. The fourth-order valence-corrected chi connectivity index (χ4v) is 1.55. The van der Waals surface area contributed by atoms with Gasteiger partial charge in [0.15, 0.2) is 5.78 Å². The van der Waals surface area contributed by atoms with Gasteiger partial charge < -0.3 is 9.15 Å². The van der Waals surface area contributed by atoms with E-state index in [4.69, 9.17) is 20.8 Å². The van der Waals surface area contributed by atoms with Gasteiger partial charge in [-0.2, -0.15) is 0 Å². The Morgan fingerprint density at radius 2 is 1.94 bits per heavy atom. The normalized spacial score (nSPS) is 10.1. The van der Waals surface area contributed by atoms with Gasteiger partial charge >= 0.3 is 0 Å². The van der Waals surface area contributed by atoms with Crippen molar-refractivity contribution in [3.05, 3.63) is 52.9 Å². The summed E-state index contributed by atoms with van der Waals surface area (Å²) in [7, 11) is 1.57. The van der Waals surface area contributed by atoms with E-state index in [0.717, 1.165) is 0 Å². The SMILES string of the molecule is COc1ccc(C(=O)c2ccoc2Cl)cc1. The van der Waals surface area contributed by atoms with Crippen LogP contribution >= 0.6 is 11.6 Å². The van der Waals surface area contributed by atoms with E-state index in [0.29, 0.717) is 16.9 Å². The zero-order valence-corrected chi connectivity index (χ0v) is 9.32. The zero-order chi connectivity index (χ0) is 11.5. The fraction of sp³-hybridized carbons (Fsp3) is 0.0833. The van der Waals surface area contributed by atoms with Crippen molar-refractivity contribution in [3.63, 3.8) is 0 Å². The van der Waals surface area contributed by atoms with Crippen molar-refractivity contribution in [1.29, 1.82) is 0 Å². The van der Waals surface area contributed by atoms with Crippen LogP contribution in [0.5, 0.6) is 5.75 Å². The van der Waals surface area contributed by atoms with E-state index in [1.165, 1.54) is 6.26 Å². The second-order valence-corrected chi connectivity index (χ2v) is 3.51. The molecule has 0 fully saturated rings. The molecule has 0 N–H and O–H groups in total. The molecule has 1 heterocycles. The molecule has 3 nitrogen and oxygen atoms in total. The monoisotopic (exact) mass is 236 g/mol. The maximum absolute atomic E-state index is 11.9. The molecule has 0 bridgehead atoms. The quantitative estimate of drug-likeness (QED) is 0.769. The van der Waals surface area contributed by atoms with Crippen molar-refractivity contribution in [3.8, 4) is 5.75 Å². The van der Waals surface area contributed by atoms with Gasteiger partial charge in [-0.1, -0.05) is 0 Å². The summed E-state index contributed by atoms with van der Waals surface area (Å²) in [5, 5.41) is 0.112. The Morgan fingerprint density at radius 1 is 1.25 bits per heavy atom. The summed E-state index contributed by atoms with van der Waals surface area (Å²) in [6, 6.07) is 8.37. The maximum Gasteiger partial charge on any atom is 0.204 e. The van der Waals surface area contributed by atoms with E-state index >= 15 is 0 Å². The molecule has 16 heavy (non-hydrogen) atoms. The van der Waals surface area contributed by atoms with Crippen molar-refractivity contribution in [2.45, 2.75) is 0 Å². The number of carbonyl (C=O) groups excluding carboxylic acids is 1. The average molecular weight is 237 g/mol.